The zero-order chi connectivity index (χ0) is 21.7. The molecule has 0 aliphatic heterocycles. The minimum Gasteiger partial charge on any atom is -0.382 e. The molecule has 0 spiro atoms. The molecule has 3 aromatic rings. The number of ether oxygens (including phenoxy) is 1. The van der Waals surface area contributed by atoms with Crippen molar-refractivity contribution in [3.8, 4) is 0 Å². The Morgan fingerprint density at radius 2 is 1.87 bits per heavy atom. The molecule has 0 fully saturated rings. The summed E-state index contributed by atoms with van der Waals surface area (Å²) >= 11 is 0. The van der Waals surface area contributed by atoms with Crippen molar-refractivity contribution in [2.45, 2.75) is 40.7 Å². The molecule has 0 saturated heterocycles. The number of nitrogens with one attached hydrogen (secondary N) is 1. The van der Waals surface area contributed by atoms with E-state index >= 15 is 0 Å². The molecule has 1 heterocycles. The lowest BCUT2D eigenvalue weighted by molar-refractivity contribution is 0.0711. The molecule has 0 unspecified atom stereocenters. The van der Waals surface area contributed by atoms with Gasteiger partial charge in [0.1, 0.15) is 0 Å². The second kappa shape index (κ2) is 9.72. The average Bonchev–Trinajstić information content (AvgIpc) is 2.70. The SMILES string of the molecule is CCOCCCN(Cc1cc2cc(C)cc(C)c2[nH]c1=O)C(=O)c1cccc(C)c1. The van der Waals surface area contributed by atoms with Gasteiger partial charge in [-0.3, -0.25) is 9.59 Å². The van der Waals surface area contributed by atoms with Gasteiger partial charge in [0.05, 0.1) is 12.1 Å². The monoisotopic (exact) mass is 406 g/mol. The van der Waals surface area contributed by atoms with Crippen molar-refractivity contribution in [1.29, 1.82) is 0 Å². The smallest absolute Gasteiger partial charge is 0.254 e. The first kappa shape index (κ1) is 21.8. The van der Waals surface area contributed by atoms with Gasteiger partial charge in [-0.2, -0.15) is 0 Å². The van der Waals surface area contributed by atoms with E-state index in [1.807, 2.05) is 58.0 Å². The molecule has 0 aliphatic carbocycles. The number of aryl methyl sites for hydroxylation is 3. The van der Waals surface area contributed by atoms with Crippen molar-refractivity contribution in [3.63, 3.8) is 0 Å². The minimum absolute atomic E-state index is 0.0740. The van der Waals surface area contributed by atoms with Gasteiger partial charge in [0.25, 0.3) is 11.5 Å². The van der Waals surface area contributed by atoms with E-state index in [1.165, 1.54) is 0 Å². The zero-order valence-electron chi connectivity index (χ0n) is 18.2. The molecule has 0 saturated carbocycles. The second-order valence-electron chi connectivity index (χ2n) is 7.82. The third kappa shape index (κ3) is 5.16. The van der Waals surface area contributed by atoms with Gasteiger partial charge in [0.2, 0.25) is 0 Å². The number of hydrogen-bond acceptors (Lipinski definition) is 3. The van der Waals surface area contributed by atoms with Gasteiger partial charge in [-0.25, -0.2) is 0 Å². The molecule has 5 nitrogen and oxygen atoms in total. The van der Waals surface area contributed by atoms with Crippen LogP contribution in [0.25, 0.3) is 10.9 Å². The van der Waals surface area contributed by atoms with Crippen LogP contribution in [-0.4, -0.2) is 35.5 Å². The first-order chi connectivity index (χ1) is 14.4. The molecular formula is C25H30N2O3. The summed E-state index contributed by atoms with van der Waals surface area (Å²) in [4.78, 5) is 30.7. The summed E-state index contributed by atoms with van der Waals surface area (Å²) in [5, 5.41) is 0.986. The average molecular weight is 407 g/mol. The number of hydrogen-bond donors (Lipinski definition) is 1. The normalized spacial score (nSPS) is 11.1. The zero-order valence-corrected chi connectivity index (χ0v) is 18.2. The first-order valence-electron chi connectivity index (χ1n) is 10.5. The highest BCUT2D eigenvalue weighted by Crippen LogP contribution is 2.19. The van der Waals surface area contributed by atoms with Crippen molar-refractivity contribution >= 4 is 16.8 Å². The summed E-state index contributed by atoms with van der Waals surface area (Å²) in [5.41, 5.74) is 5.13. The molecule has 1 N–H and O–H groups in total. The molecule has 0 atom stereocenters. The standard InChI is InChI=1S/C25H30N2O3/c1-5-30-11-7-10-27(25(29)20-9-6-8-17(2)13-20)16-22-15-21-14-18(3)12-19(4)23(21)26-24(22)28/h6,8-9,12-15H,5,7,10-11,16H2,1-4H3,(H,26,28). The van der Waals surface area contributed by atoms with Gasteiger partial charge in [-0.05, 0) is 69.3 Å². The molecule has 2 aromatic carbocycles. The van der Waals surface area contributed by atoms with Gasteiger partial charge in [-0.1, -0.05) is 29.3 Å². The predicted octanol–water partition coefficient (Wildman–Crippen LogP) is 4.52. The highest BCUT2D eigenvalue weighted by molar-refractivity contribution is 5.94. The minimum atomic E-state index is -0.152. The molecule has 3 rings (SSSR count). The summed E-state index contributed by atoms with van der Waals surface area (Å²) in [6.07, 6.45) is 0.717. The Labute approximate surface area is 177 Å². The Hall–Kier alpha value is -2.92. The number of carbonyl (C=O) groups is 1. The van der Waals surface area contributed by atoms with Crippen LogP contribution in [0.3, 0.4) is 0 Å². The van der Waals surface area contributed by atoms with E-state index in [9.17, 15) is 9.59 Å². The van der Waals surface area contributed by atoms with Crippen LogP contribution in [0, 0.1) is 20.8 Å². The highest BCUT2D eigenvalue weighted by atomic mass is 16.5. The van der Waals surface area contributed by atoms with Crippen LogP contribution in [0.15, 0.2) is 47.3 Å². The third-order valence-corrected chi connectivity index (χ3v) is 5.20. The Balaban J connectivity index is 1.92. The summed E-state index contributed by atoms with van der Waals surface area (Å²) < 4.78 is 5.44. The summed E-state index contributed by atoms with van der Waals surface area (Å²) in [6, 6.07) is 13.6. The largest absolute Gasteiger partial charge is 0.382 e. The number of amides is 1. The van der Waals surface area contributed by atoms with Crippen molar-refractivity contribution < 1.29 is 9.53 Å². The Morgan fingerprint density at radius 1 is 1.07 bits per heavy atom. The molecule has 1 amide bonds. The molecule has 0 radical (unpaired) electrons. The van der Waals surface area contributed by atoms with Crippen LogP contribution in [0.5, 0.6) is 0 Å². The van der Waals surface area contributed by atoms with E-state index in [-0.39, 0.29) is 18.0 Å². The summed E-state index contributed by atoms with van der Waals surface area (Å²) in [6.45, 7) is 9.97. The fraction of sp³-hybridized carbons (Fsp3) is 0.360. The lowest BCUT2D eigenvalue weighted by atomic mass is 10.0. The van der Waals surface area contributed by atoms with Crippen LogP contribution < -0.4 is 5.56 Å². The Morgan fingerprint density at radius 3 is 2.60 bits per heavy atom. The number of benzene rings is 2. The lowest BCUT2D eigenvalue weighted by Gasteiger charge is -2.23. The van der Waals surface area contributed by atoms with Crippen molar-refractivity contribution in [1.82, 2.24) is 9.88 Å². The number of fused-ring (bicyclic) bond motifs is 1. The first-order valence-corrected chi connectivity index (χ1v) is 10.5. The maximum Gasteiger partial charge on any atom is 0.254 e. The van der Waals surface area contributed by atoms with Gasteiger partial charge < -0.3 is 14.6 Å². The summed E-state index contributed by atoms with van der Waals surface area (Å²) in [5.74, 6) is -0.0740. The fourth-order valence-electron chi connectivity index (χ4n) is 3.77. The van der Waals surface area contributed by atoms with Gasteiger partial charge in [0.15, 0.2) is 0 Å². The topological polar surface area (TPSA) is 62.4 Å². The summed E-state index contributed by atoms with van der Waals surface area (Å²) in [7, 11) is 0. The molecule has 158 valence electrons. The number of rotatable bonds is 8. The van der Waals surface area contributed by atoms with Gasteiger partial charge >= 0.3 is 0 Å². The molecule has 1 aromatic heterocycles. The molecule has 0 aliphatic rings. The highest BCUT2D eigenvalue weighted by Gasteiger charge is 2.18. The van der Waals surface area contributed by atoms with E-state index < -0.39 is 0 Å². The van der Waals surface area contributed by atoms with Crippen LogP contribution in [0.1, 0.15) is 46.0 Å². The van der Waals surface area contributed by atoms with Gasteiger partial charge in [-0.15, -0.1) is 0 Å². The molecule has 30 heavy (non-hydrogen) atoms. The fourth-order valence-corrected chi connectivity index (χ4v) is 3.77. The predicted molar refractivity (Wildman–Crippen MR) is 121 cm³/mol. The van der Waals surface area contributed by atoms with Crippen molar-refractivity contribution in [3.05, 3.63) is 80.6 Å². The number of H-pyrrole nitrogens is 1. The number of aromatic nitrogens is 1. The van der Waals surface area contributed by atoms with E-state index in [2.05, 4.69) is 17.1 Å². The van der Waals surface area contributed by atoms with Crippen LogP contribution in [-0.2, 0) is 11.3 Å². The maximum atomic E-state index is 13.2. The van der Waals surface area contributed by atoms with Crippen LogP contribution >= 0.6 is 0 Å². The van der Waals surface area contributed by atoms with E-state index in [4.69, 9.17) is 4.74 Å². The number of nitrogens with zero attached hydrogens (tertiary/aromatic N) is 1. The third-order valence-electron chi connectivity index (χ3n) is 5.20. The Kier molecular flexibility index (Phi) is 7.06. The molecule has 0 bridgehead atoms. The van der Waals surface area contributed by atoms with Crippen LogP contribution in [0.2, 0.25) is 0 Å². The molecule has 5 heteroatoms. The van der Waals surface area contributed by atoms with Gasteiger partial charge in [0, 0.05) is 30.9 Å². The van der Waals surface area contributed by atoms with E-state index in [1.54, 1.807) is 4.90 Å². The number of carbonyl (C=O) groups excluding carboxylic acids is 1. The van der Waals surface area contributed by atoms with Crippen molar-refractivity contribution in [2.24, 2.45) is 0 Å². The van der Waals surface area contributed by atoms with E-state index in [0.717, 1.165) is 34.0 Å². The second-order valence-corrected chi connectivity index (χ2v) is 7.82. The quantitative estimate of drug-likeness (QED) is 0.560. The number of pyridine rings is 1. The lowest BCUT2D eigenvalue weighted by Crippen LogP contribution is -2.34. The van der Waals surface area contributed by atoms with Crippen molar-refractivity contribution in [2.75, 3.05) is 19.8 Å². The van der Waals surface area contributed by atoms with E-state index in [0.29, 0.717) is 30.9 Å². The van der Waals surface area contributed by atoms with Crippen LogP contribution in [0.4, 0.5) is 0 Å². The maximum absolute atomic E-state index is 13.2. The Bertz CT molecular complexity index is 1100. The molecular weight excluding hydrogens is 376 g/mol. The number of aromatic amines is 1.